The van der Waals surface area contributed by atoms with Crippen LogP contribution in [0.25, 0.3) is 0 Å². The molecular weight excluding hydrogens is 372 g/mol. The summed E-state index contributed by atoms with van der Waals surface area (Å²) < 4.78 is 5.26. The van der Waals surface area contributed by atoms with Crippen LogP contribution in [0.2, 0.25) is 5.02 Å². The number of hydrogen-bond donors (Lipinski definition) is 1. The van der Waals surface area contributed by atoms with Gasteiger partial charge in [0.2, 0.25) is 0 Å². The highest BCUT2D eigenvalue weighted by Gasteiger charge is 2.23. The number of esters is 1. The van der Waals surface area contributed by atoms with Gasteiger partial charge in [0.25, 0.3) is 11.6 Å². The zero-order chi connectivity index (χ0) is 20.3. The van der Waals surface area contributed by atoms with E-state index in [1.54, 1.807) is 13.8 Å². The number of rotatable bonds is 5. The molecule has 142 valence electrons. The standard InChI is InChI=1S/C19H19ClN2O5/c1-10-7-11(2)17(12(3)8-10)19(24)27-13(4)18(23)21-16-9-14(22(25)26)5-6-15(16)20/h5-9,13H,1-4H3,(H,21,23). The molecule has 7 nitrogen and oxygen atoms in total. The van der Waals surface area contributed by atoms with Gasteiger partial charge >= 0.3 is 5.97 Å². The van der Waals surface area contributed by atoms with Crippen LogP contribution in [0.5, 0.6) is 0 Å². The third-order valence-corrected chi connectivity index (χ3v) is 4.28. The average Bonchev–Trinajstić information content (AvgIpc) is 2.55. The summed E-state index contributed by atoms with van der Waals surface area (Å²) >= 11 is 5.96. The lowest BCUT2D eigenvalue weighted by Gasteiger charge is -2.16. The molecule has 1 unspecified atom stereocenters. The molecule has 2 aromatic rings. The second-order valence-corrected chi connectivity index (χ2v) is 6.64. The fraction of sp³-hybridized carbons (Fsp3) is 0.263. The van der Waals surface area contributed by atoms with Gasteiger partial charge in [-0.25, -0.2) is 4.79 Å². The summed E-state index contributed by atoms with van der Waals surface area (Å²) in [5, 5.41) is 13.4. The summed E-state index contributed by atoms with van der Waals surface area (Å²) in [7, 11) is 0. The maximum Gasteiger partial charge on any atom is 0.339 e. The molecular formula is C19H19ClN2O5. The van der Waals surface area contributed by atoms with Gasteiger partial charge in [-0.2, -0.15) is 0 Å². The van der Waals surface area contributed by atoms with Gasteiger partial charge in [-0.05, 0) is 44.9 Å². The summed E-state index contributed by atoms with van der Waals surface area (Å²) in [6.45, 7) is 6.93. The molecule has 0 spiro atoms. The number of carbonyl (C=O) groups is 2. The molecule has 27 heavy (non-hydrogen) atoms. The molecule has 8 heteroatoms. The summed E-state index contributed by atoms with van der Waals surface area (Å²) in [6, 6.07) is 7.40. The molecule has 0 aliphatic heterocycles. The van der Waals surface area contributed by atoms with Gasteiger partial charge < -0.3 is 10.1 Å². The van der Waals surface area contributed by atoms with Gasteiger partial charge in [0.05, 0.1) is 21.2 Å². The first kappa shape index (κ1) is 20.4. The van der Waals surface area contributed by atoms with Crippen molar-refractivity contribution in [2.45, 2.75) is 33.8 Å². The Kier molecular flexibility index (Phi) is 6.17. The van der Waals surface area contributed by atoms with E-state index in [1.165, 1.54) is 19.1 Å². The molecule has 0 radical (unpaired) electrons. The smallest absolute Gasteiger partial charge is 0.339 e. The third kappa shape index (κ3) is 4.83. The number of nitro benzene ring substituents is 1. The van der Waals surface area contributed by atoms with Crippen molar-refractivity contribution in [3.05, 3.63) is 67.7 Å². The van der Waals surface area contributed by atoms with Crippen LogP contribution in [0.4, 0.5) is 11.4 Å². The number of hydrogen-bond acceptors (Lipinski definition) is 5. The fourth-order valence-corrected chi connectivity index (χ4v) is 2.90. The van der Waals surface area contributed by atoms with Crippen LogP contribution in [0.3, 0.4) is 0 Å². The Morgan fingerprint density at radius 1 is 1.15 bits per heavy atom. The van der Waals surface area contributed by atoms with Crippen LogP contribution in [0.1, 0.15) is 34.0 Å². The molecule has 0 fully saturated rings. The predicted molar refractivity (Wildman–Crippen MR) is 102 cm³/mol. The van der Waals surface area contributed by atoms with Gasteiger partial charge in [-0.1, -0.05) is 29.3 Å². The van der Waals surface area contributed by atoms with Crippen molar-refractivity contribution in [3.63, 3.8) is 0 Å². The van der Waals surface area contributed by atoms with Gasteiger partial charge in [0.15, 0.2) is 6.10 Å². The molecule has 2 rings (SSSR count). The number of aryl methyl sites for hydroxylation is 3. The highest BCUT2D eigenvalue weighted by molar-refractivity contribution is 6.33. The minimum absolute atomic E-state index is 0.0708. The number of halogens is 1. The van der Waals surface area contributed by atoms with Crippen molar-refractivity contribution in [1.82, 2.24) is 0 Å². The van der Waals surface area contributed by atoms with Crippen molar-refractivity contribution < 1.29 is 19.2 Å². The summed E-state index contributed by atoms with van der Waals surface area (Å²) in [5.41, 5.74) is 2.80. The van der Waals surface area contributed by atoms with Crippen molar-refractivity contribution in [2.75, 3.05) is 5.32 Å². The molecule has 0 saturated heterocycles. The van der Waals surface area contributed by atoms with Crippen LogP contribution in [0.15, 0.2) is 30.3 Å². The number of amides is 1. The molecule has 1 atom stereocenters. The van der Waals surface area contributed by atoms with E-state index in [1.807, 2.05) is 19.1 Å². The molecule has 0 saturated carbocycles. The SMILES string of the molecule is Cc1cc(C)c(C(=O)OC(C)C(=O)Nc2cc([N+](=O)[O-])ccc2Cl)c(C)c1. The van der Waals surface area contributed by atoms with E-state index in [-0.39, 0.29) is 16.4 Å². The van der Waals surface area contributed by atoms with E-state index >= 15 is 0 Å². The topological polar surface area (TPSA) is 98.5 Å². The molecule has 1 N–H and O–H groups in total. The number of ether oxygens (including phenoxy) is 1. The van der Waals surface area contributed by atoms with Crippen molar-refractivity contribution in [1.29, 1.82) is 0 Å². The lowest BCUT2D eigenvalue weighted by molar-refractivity contribution is -0.384. The molecule has 0 heterocycles. The molecule has 0 aromatic heterocycles. The fourth-order valence-electron chi connectivity index (χ4n) is 2.73. The van der Waals surface area contributed by atoms with Crippen LogP contribution < -0.4 is 5.32 Å². The summed E-state index contributed by atoms with van der Waals surface area (Å²) in [4.78, 5) is 35.0. The lowest BCUT2D eigenvalue weighted by atomic mass is 10.00. The largest absolute Gasteiger partial charge is 0.449 e. The van der Waals surface area contributed by atoms with Crippen LogP contribution in [-0.4, -0.2) is 22.9 Å². The maximum atomic E-state index is 12.5. The first-order chi connectivity index (χ1) is 12.6. The molecule has 2 aromatic carbocycles. The lowest BCUT2D eigenvalue weighted by Crippen LogP contribution is -2.30. The number of nitro groups is 1. The van der Waals surface area contributed by atoms with E-state index < -0.39 is 22.9 Å². The molecule has 0 bridgehead atoms. The molecule has 0 aliphatic rings. The Morgan fingerprint density at radius 2 is 1.74 bits per heavy atom. The number of nitrogens with one attached hydrogen (secondary N) is 1. The maximum absolute atomic E-state index is 12.5. The van der Waals surface area contributed by atoms with Crippen molar-refractivity contribution in [3.8, 4) is 0 Å². The van der Waals surface area contributed by atoms with Crippen LogP contribution in [-0.2, 0) is 9.53 Å². The van der Waals surface area contributed by atoms with E-state index in [0.29, 0.717) is 5.56 Å². The quantitative estimate of drug-likeness (QED) is 0.464. The number of nitrogens with zero attached hydrogens (tertiary/aromatic N) is 1. The Balaban J connectivity index is 2.14. The predicted octanol–water partition coefficient (Wildman–Crippen LogP) is 4.36. The first-order valence-corrected chi connectivity index (χ1v) is 8.51. The first-order valence-electron chi connectivity index (χ1n) is 8.13. The van der Waals surface area contributed by atoms with Crippen LogP contribution in [0, 0.1) is 30.9 Å². The van der Waals surface area contributed by atoms with Crippen LogP contribution >= 0.6 is 11.6 Å². The minimum Gasteiger partial charge on any atom is -0.449 e. The summed E-state index contributed by atoms with van der Waals surface area (Å²) in [6.07, 6.45) is -1.12. The number of benzene rings is 2. The zero-order valence-corrected chi connectivity index (χ0v) is 16.1. The van der Waals surface area contributed by atoms with Gasteiger partial charge in [-0.15, -0.1) is 0 Å². The highest BCUT2D eigenvalue weighted by Crippen LogP contribution is 2.27. The Labute approximate surface area is 161 Å². The van der Waals surface area contributed by atoms with Gasteiger partial charge in [0.1, 0.15) is 0 Å². The summed E-state index contributed by atoms with van der Waals surface area (Å²) in [5.74, 6) is -1.26. The monoisotopic (exact) mass is 390 g/mol. The molecule has 1 amide bonds. The number of anilines is 1. The second-order valence-electron chi connectivity index (χ2n) is 6.23. The average molecular weight is 391 g/mol. The highest BCUT2D eigenvalue weighted by atomic mass is 35.5. The Morgan fingerprint density at radius 3 is 2.30 bits per heavy atom. The third-order valence-electron chi connectivity index (χ3n) is 3.95. The van der Waals surface area contributed by atoms with Crippen molar-refractivity contribution >= 4 is 34.9 Å². The zero-order valence-electron chi connectivity index (χ0n) is 15.3. The normalized spacial score (nSPS) is 11.6. The minimum atomic E-state index is -1.12. The number of non-ortho nitro benzene ring substituents is 1. The molecule has 0 aliphatic carbocycles. The Hall–Kier alpha value is -2.93. The van der Waals surface area contributed by atoms with E-state index in [2.05, 4.69) is 5.32 Å². The van der Waals surface area contributed by atoms with Gasteiger partial charge in [-0.3, -0.25) is 14.9 Å². The van der Waals surface area contributed by atoms with E-state index in [4.69, 9.17) is 16.3 Å². The Bertz CT molecular complexity index is 903. The number of carbonyl (C=O) groups excluding carboxylic acids is 2. The van der Waals surface area contributed by atoms with Gasteiger partial charge in [0, 0.05) is 12.1 Å². The van der Waals surface area contributed by atoms with E-state index in [9.17, 15) is 19.7 Å². The van der Waals surface area contributed by atoms with Crippen molar-refractivity contribution in [2.24, 2.45) is 0 Å². The van der Waals surface area contributed by atoms with E-state index in [0.717, 1.165) is 22.8 Å². The second kappa shape index (κ2) is 8.18.